The van der Waals surface area contributed by atoms with Crippen molar-refractivity contribution in [3.63, 3.8) is 0 Å². The SMILES string of the molecule is CCC(=O)N(c1cc(F)nc(F)c1)c1nc(C(=O)NC2CCC2(C)C)c(C)s1. The molecular formula is C19H22F2N4O2S. The average Bonchev–Trinajstić information content (AvgIpc) is 2.99. The van der Waals surface area contributed by atoms with Crippen molar-refractivity contribution in [1.29, 1.82) is 0 Å². The maximum atomic E-state index is 13.6. The van der Waals surface area contributed by atoms with Crippen molar-refractivity contribution < 1.29 is 18.4 Å². The summed E-state index contributed by atoms with van der Waals surface area (Å²) >= 11 is 1.12. The lowest BCUT2D eigenvalue weighted by atomic mass is 9.67. The molecule has 0 radical (unpaired) electrons. The second-order valence-corrected chi connectivity index (χ2v) is 8.69. The highest BCUT2D eigenvalue weighted by Crippen LogP contribution is 2.40. The van der Waals surface area contributed by atoms with Gasteiger partial charge in [0, 0.05) is 29.5 Å². The van der Waals surface area contributed by atoms with Crippen molar-refractivity contribution in [3.8, 4) is 0 Å². The predicted octanol–water partition coefficient (Wildman–Crippen LogP) is 4.12. The molecule has 2 amide bonds. The van der Waals surface area contributed by atoms with Gasteiger partial charge in [0.2, 0.25) is 17.8 Å². The number of halogens is 2. The van der Waals surface area contributed by atoms with Crippen molar-refractivity contribution >= 4 is 34.0 Å². The molecule has 0 spiro atoms. The second kappa shape index (κ2) is 7.54. The van der Waals surface area contributed by atoms with Crippen molar-refractivity contribution in [2.75, 3.05) is 4.90 Å². The quantitative estimate of drug-likeness (QED) is 0.756. The third-order valence-electron chi connectivity index (χ3n) is 5.08. The highest BCUT2D eigenvalue weighted by molar-refractivity contribution is 7.16. The number of nitrogens with zero attached hydrogens (tertiary/aromatic N) is 3. The number of thiazole rings is 1. The Hall–Kier alpha value is -2.42. The Bertz CT molecular complexity index is 908. The molecule has 9 heteroatoms. The monoisotopic (exact) mass is 408 g/mol. The van der Waals surface area contributed by atoms with Gasteiger partial charge in [0.05, 0.1) is 5.69 Å². The Morgan fingerprint density at radius 2 is 1.93 bits per heavy atom. The minimum absolute atomic E-state index is 0.0160. The fraction of sp³-hybridized carbons (Fsp3) is 0.474. The number of nitrogens with one attached hydrogen (secondary N) is 1. The maximum Gasteiger partial charge on any atom is 0.271 e. The van der Waals surface area contributed by atoms with Crippen molar-refractivity contribution in [1.82, 2.24) is 15.3 Å². The second-order valence-electron chi connectivity index (χ2n) is 7.51. The van der Waals surface area contributed by atoms with Gasteiger partial charge < -0.3 is 5.32 Å². The third-order valence-corrected chi connectivity index (χ3v) is 6.03. The van der Waals surface area contributed by atoms with Gasteiger partial charge in [0.1, 0.15) is 5.69 Å². The van der Waals surface area contributed by atoms with Gasteiger partial charge in [-0.05, 0) is 25.2 Å². The molecule has 0 aliphatic heterocycles. The van der Waals surface area contributed by atoms with Crippen LogP contribution in [0.3, 0.4) is 0 Å². The highest BCUT2D eigenvalue weighted by Gasteiger charge is 2.40. The minimum Gasteiger partial charge on any atom is -0.347 e. The van der Waals surface area contributed by atoms with E-state index in [0.717, 1.165) is 41.2 Å². The molecule has 28 heavy (non-hydrogen) atoms. The molecule has 150 valence electrons. The van der Waals surface area contributed by atoms with Gasteiger partial charge in [-0.15, -0.1) is 11.3 Å². The van der Waals surface area contributed by atoms with E-state index in [0.29, 0.717) is 4.88 Å². The van der Waals surface area contributed by atoms with Crippen LogP contribution < -0.4 is 10.2 Å². The summed E-state index contributed by atoms with van der Waals surface area (Å²) in [6.45, 7) is 7.55. The van der Waals surface area contributed by atoms with E-state index in [9.17, 15) is 18.4 Å². The fourth-order valence-electron chi connectivity index (χ4n) is 3.15. The molecule has 0 bridgehead atoms. The van der Waals surface area contributed by atoms with Gasteiger partial charge in [-0.25, -0.2) is 4.98 Å². The number of anilines is 2. The van der Waals surface area contributed by atoms with Crippen molar-refractivity contribution in [2.24, 2.45) is 5.41 Å². The van der Waals surface area contributed by atoms with Crippen LogP contribution in [0, 0.1) is 24.2 Å². The summed E-state index contributed by atoms with van der Waals surface area (Å²) in [5.74, 6) is -2.79. The van der Waals surface area contributed by atoms with Gasteiger partial charge >= 0.3 is 0 Å². The normalized spacial score (nSPS) is 17.7. The van der Waals surface area contributed by atoms with Gasteiger partial charge in [-0.3, -0.25) is 14.5 Å². The molecule has 1 unspecified atom stereocenters. The molecule has 1 N–H and O–H groups in total. The number of carbonyl (C=O) groups is 2. The van der Waals surface area contributed by atoms with Crippen LogP contribution in [0.4, 0.5) is 19.6 Å². The van der Waals surface area contributed by atoms with Crippen LogP contribution in [-0.4, -0.2) is 27.8 Å². The van der Waals surface area contributed by atoms with E-state index in [1.807, 2.05) is 0 Å². The summed E-state index contributed by atoms with van der Waals surface area (Å²) in [5, 5.41) is 3.18. The summed E-state index contributed by atoms with van der Waals surface area (Å²) < 4.78 is 27.2. The first-order valence-corrected chi connectivity index (χ1v) is 9.88. The molecule has 3 rings (SSSR count). The Kier molecular flexibility index (Phi) is 5.47. The summed E-state index contributed by atoms with van der Waals surface area (Å²) in [7, 11) is 0. The zero-order chi connectivity index (χ0) is 20.6. The van der Waals surface area contributed by atoms with Crippen LogP contribution in [0.2, 0.25) is 0 Å². The molecule has 0 saturated heterocycles. The van der Waals surface area contributed by atoms with Crippen LogP contribution in [0.5, 0.6) is 0 Å². The zero-order valence-corrected chi connectivity index (χ0v) is 17.0. The smallest absolute Gasteiger partial charge is 0.271 e. The highest BCUT2D eigenvalue weighted by atomic mass is 32.1. The minimum atomic E-state index is -1.04. The molecule has 0 aromatic carbocycles. The topological polar surface area (TPSA) is 75.2 Å². The number of hydrogen-bond donors (Lipinski definition) is 1. The summed E-state index contributed by atoms with van der Waals surface area (Å²) in [5.41, 5.74) is 0.239. The zero-order valence-electron chi connectivity index (χ0n) is 16.2. The molecule has 2 aromatic rings. The first kappa shape index (κ1) is 20.3. The van der Waals surface area contributed by atoms with E-state index in [1.165, 1.54) is 0 Å². The van der Waals surface area contributed by atoms with Gasteiger partial charge in [0.25, 0.3) is 5.91 Å². The number of pyridine rings is 1. The molecular weight excluding hydrogens is 386 g/mol. The number of hydrogen-bond acceptors (Lipinski definition) is 5. The van der Waals surface area contributed by atoms with E-state index >= 15 is 0 Å². The molecule has 1 fully saturated rings. The fourth-order valence-corrected chi connectivity index (χ4v) is 4.09. The van der Waals surface area contributed by atoms with Crippen LogP contribution in [0.15, 0.2) is 12.1 Å². The largest absolute Gasteiger partial charge is 0.347 e. The maximum absolute atomic E-state index is 13.6. The van der Waals surface area contributed by atoms with Crippen LogP contribution in [0.25, 0.3) is 0 Å². The van der Waals surface area contributed by atoms with Crippen LogP contribution >= 0.6 is 11.3 Å². The van der Waals surface area contributed by atoms with E-state index < -0.39 is 17.8 Å². The van der Waals surface area contributed by atoms with Crippen LogP contribution in [0.1, 0.15) is 55.4 Å². The number of amides is 2. The average molecular weight is 408 g/mol. The third kappa shape index (κ3) is 3.89. The van der Waals surface area contributed by atoms with Crippen molar-refractivity contribution in [3.05, 3.63) is 34.6 Å². The standard InChI is InChI=1S/C19H22F2N4O2S/c1-5-15(26)25(11-8-13(20)23-14(21)9-11)18-24-16(10(2)28-18)17(27)22-12-6-7-19(12,3)4/h8-9,12H,5-7H2,1-4H3,(H,22,27). The molecule has 1 aliphatic rings. The number of aryl methyl sites for hydroxylation is 1. The van der Waals surface area contributed by atoms with Crippen molar-refractivity contribution in [2.45, 2.75) is 53.0 Å². The lowest BCUT2D eigenvalue weighted by molar-refractivity contribution is -0.117. The lowest BCUT2D eigenvalue weighted by Crippen LogP contribution is -2.52. The first-order chi connectivity index (χ1) is 13.1. The Morgan fingerprint density at radius 1 is 1.29 bits per heavy atom. The van der Waals surface area contributed by atoms with Gasteiger partial charge in [-0.1, -0.05) is 20.8 Å². The lowest BCUT2D eigenvalue weighted by Gasteiger charge is -2.44. The van der Waals surface area contributed by atoms with E-state index in [-0.39, 0.29) is 40.3 Å². The van der Waals surface area contributed by atoms with E-state index in [1.54, 1.807) is 13.8 Å². The number of rotatable bonds is 5. The summed E-state index contributed by atoms with van der Waals surface area (Å²) in [6.07, 6.45) is 2.05. The molecule has 2 heterocycles. The van der Waals surface area contributed by atoms with Crippen LogP contribution in [-0.2, 0) is 4.79 Å². The number of carbonyl (C=O) groups excluding carboxylic acids is 2. The number of aromatic nitrogens is 2. The van der Waals surface area contributed by atoms with E-state index in [4.69, 9.17) is 0 Å². The Labute approximate surface area is 166 Å². The van der Waals surface area contributed by atoms with E-state index in [2.05, 4.69) is 29.1 Å². The summed E-state index contributed by atoms with van der Waals surface area (Å²) in [6, 6.07) is 2.00. The van der Waals surface area contributed by atoms with Gasteiger partial charge in [-0.2, -0.15) is 13.8 Å². The molecule has 1 saturated carbocycles. The molecule has 6 nitrogen and oxygen atoms in total. The Morgan fingerprint density at radius 3 is 2.43 bits per heavy atom. The molecule has 2 aromatic heterocycles. The van der Waals surface area contributed by atoms with Gasteiger partial charge in [0.15, 0.2) is 5.13 Å². The summed E-state index contributed by atoms with van der Waals surface area (Å²) in [4.78, 5) is 34.3. The molecule has 1 aliphatic carbocycles. The first-order valence-electron chi connectivity index (χ1n) is 9.06. The predicted molar refractivity (Wildman–Crippen MR) is 103 cm³/mol. The molecule has 1 atom stereocenters. The Balaban J connectivity index is 1.93.